The van der Waals surface area contributed by atoms with Gasteiger partial charge in [-0.2, -0.15) is 12.6 Å². The average Bonchev–Trinajstić information content (AvgIpc) is 2.37. The normalized spacial score (nSPS) is 24.6. The van der Waals surface area contributed by atoms with Gasteiger partial charge in [0.1, 0.15) is 11.3 Å². The van der Waals surface area contributed by atoms with E-state index in [0.717, 1.165) is 0 Å². The van der Waals surface area contributed by atoms with Crippen molar-refractivity contribution in [2.75, 3.05) is 12.4 Å². The van der Waals surface area contributed by atoms with E-state index in [2.05, 4.69) is 12.6 Å². The van der Waals surface area contributed by atoms with Crippen molar-refractivity contribution in [1.82, 2.24) is 4.90 Å². The van der Waals surface area contributed by atoms with Crippen LogP contribution in [0.2, 0.25) is 0 Å². The quantitative estimate of drug-likeness (QED) is 0.723. The minimum Gasteiger partial charge on any atom is -0.444 e. The van der Waals surface area contributed by atoms with Crippen molar-refractivity contribution < 1.29 is 14.3 Å². The molecule has 16 heavy (non-hydrogen) atoms. The van der Waals surface area contributed by atoms with Crippen molar-refractivity contribution in [1.29, 1.82) is 0 Å². The molecular weight excluding hydrogens is 226 g/mol. The first-order chi connectivity index (χ1) is 7.17. The largest absolute Gasteiger partial charge is 0.444 e. The van der Waals surface area contributed by atoms with Crippen LogP contribution in [-0.4, -0.2) is 40.7 Å². The lowest BCUT2D eigenvalue weighted by Crippen LogP contribution is -2.50. The second kappa shape index (κ2) is 4.45. The van der Waals surface area contributed by atoms with Gasteiger partial charge in [-0.1, -0.05) is 0 Å². The van der Waals surface area contributed by atoms with Gasteiger partial charge in [0.15, 0.2) is 0 Å². The highest BCUT2D eigenvalue weighted by molar-refractivity contribution is 7.80. The molecule has 1 saturated heterocycles. The van der Waals surface area contributed by atoms with Gasteiger partial charge in [0.2, 0.25) is 0 Å². The molecule has 1 fully saturated rings. The molecule has 0 bridgehead atoms. The predicted octanol–water partition coefficient (Wildman–Crippen LogP) is 2.29. The van der Waals surface area contributed by atoms with E-state index in [1.165, 1.54) is 0 Å². The van der Waals surface area contributed by atoms with Crippen LogP contribution in [0.15, 0.2) is 0 Å². The molecule has 1 atom stereocenters. The third-order valence-corrected chi connectivity index (χ3v) is 2.80. The average molecular weight is 247 g/mol. The minimum absolute atomic E-state index is 0.0202. The molecule has 5 heteroatoms. The number of carbonyl (C=O) groups excluding carboxylic acids is 1. The fraction of sp³-hybridized carbons (Fsp3) is 0.909. The molecule has 1 aliphatic rings. The number of hydrogen-bond acceptors (Lipinski definition) is 4. The predicted molar refractivity (Wildman–Crippen MR) is 65.7 cm³/mol. The maximum atomic E-state index is 12.0. The highest BCUT2D eigenvalue weighted by atomic mass is 32.1. The monoisotopic (exact) mass is 247 g/mol. The first-order valence-corrected chi connectivity index (χ1v) is 6.08. The molecule has 0 aliphatic carbocycles. The zero-order valence-corrected chi connectivity index (χ0v) is 11.5. The van der Waals surface area contributed by atoms with Crippen molar-refractivity contribution >= 4 is 18.7 Å². The van der Waals surface area contributed by atoms with E-state index in [-0.39, 0.29) is 12.1 Å². The Bertz CT molecular complexity index is 273. The molecule has 1 rings (SSSR count). The number of carbonyl (C=O) groups is 1. The van der Waals surface area contributed by atoms with Crippen LogP contribution < -0.4 is 0 Å². The van der Waals surface area contributed by atoms with Crippen LogP contribution in [0.4, 0.5) is 4.79 Å². The topological polar surface area (TPSA) is 38.8 Å². The van der Waals surface area contributed by atoms with Crippen molar-refractivity contribution in [3.8, 4) is 0 Å². The molecule has 0 aromatic rings. The van der Waals surface area contributed by atoms with E-state index in [0.29, 0.717) is 12.4 Å². The molecule has 4 nitrogen and oxygen atoms in total. The summed E-state index contributed by atoms with van der Waals surface area (Å²) >= 11 is 4.23. The summed E-state index contributed by atoms with van der Waals surface area (Å²) in [5.41, 5.74) is -1.10. The molecule has 0 radical (unpaired) electrons. The van der Waals surface area contributed by atoms with Gasteiger partial charge < -0.3 is 9.47 Å². The molecule has 1 aliphatic heterocycles. The van der Waals surface area contributed by atoms with E-state index in [1.807, 2.05) is 34.6 Å². The van der Waals surface area contributed by atoms with Gasteiger partial charge in [0, 0.05) is 5.75 Å². The third kappa shape index (κ3) is 3.04. The van der Waals surface area contributed by atoms with Gasteiger partial charge in [-0.3, -0.25) is 4.90 Å². The highest BCUT2D eigenvalue weighted by Crippen LogP contribution is 2.29. The lowest BCUT2D eigenvalue weighted by Gasteiger charge is -2.34. The molecule has 0 saturated carbocycles. The Morgan fingerprint density at radius 3 is 2.56 bits per heavy atom. The summed E-state index contributed by atoms with van der Waals surface area (Å²) in [4.78, 5) is 13.7. The number of nitrogens with zero attached hydrogens (tertiary/aromatic N) is 1. The van der Waals surface area contributed by atoms with Crippen LogP contribution in [0, 0.1) is 0 Å². The van der Waals surface area contributed by atoms with Gasteiger partial charge in [-0.15, -0.1) is 0 Å². The third-order valence-electron chi connectivity index (χ3n) is 2.38. The molecule has 0 unspecified atom stereocenters. The summed E-state index contributed by atoms with van der Waals surface area (Å²) in [5, 5.41) is 0. The fourth-order valence-corrected chi connectivity index (χ4v) is 1.97. The number of hydrogen-bond donors (Lipinski definition) is 1. The van der Waals surface area contributed by atoms with E-state index in [9.17, 15) is 4.79 Å². The van der Waals surface area contributed by atoms with Crippen molar-refractivity contribution in [3.05, 3.63) is 0 Å². The van der Waals surface area contributed by atoms with Crippen LogP contribution in [0.1, 0.15) is 34.6 Å². The molecule has 0 N–H and O–H groups in total. The summed E-state index contributed by atoms with van der Waals surface area (Å²) in [6, 6.07) is -0.0202. The zero-order chi connectivity index (χ0) is 12.6. The van der Waals surface area contributed by atoms with Crippen molar-refractivity contribution in [3.63, 3.8) is 0 Å². The molecule has 1 heterocycles. The van der Waals surface area contributed by atoms with Gasteiger partial charge in [0.25, 0.3) is 0 Å². The summed E-state index contributed by atoms with van der Waals surface area (Å²) in [6.45, 7) is 9.79. The van der Waals surface area contributed by atoms with E-state index in [1.54, 1.807) is 4.90 Å². The first-order valence-electron chi connectivity index (χ1n) is 5.44. The Labute approximate surface area is 103 Å². The maximum Gasteiger partial charge on any atom is 0.412 e. The number of thiol groups is 1. The molecular formula is C11H21NO3S. The standard InChI is InChI=1S/C11H21NO3S/c1-10(2,3)15-9(13)12-8(7-16)6-14-11(12,4)5/h8,16H,6-7H2,1-5H3/t8-/m0/s1. The van der Waals surface area contributed by atoms with Crippen LogP contribution in [-0.2, 0) is 9.47 Å². The van der Waals surface area contributed by atoms with Crippen LogP contribution in [0.5, 0.6) is 0 Å². The molecule has 0 spiro atoms. The zero-order valence-electron chi connectivity index (χ0n) is 10.6. The van der Waals surface area contributed by atoms with Gasteiger partial charge in [0.05, 0.1) is 12.6 Å². The fourth-order valence-electron chi connectivity index (χ4n) is 1.70. The van der Waals surface area contributed by atoms with E-state index >= 15 is 0 Å². The molecule has 94 valence electrons. The minimum atomic E-state index is -0.615. The lowest BCUT2D eigenvalue weighted by molar-refractivity contribution is -0.0617. The molecule has 0 aromatic heterocycles. The van der Waals surface area contributed by atoms with Crippen molar-refractivity contribution in [2.45, 2.75) is 52.0 Å². The summed E-state index contributed by atoms with van der Waals surface area (Å²) in [6.07, 6.45) is -0.339. The Morgan fingerprint density at radius 1 is 1.56 bits per heavy atom. The van der Waals surface area contributed by atoms with Gasteiger partial charge >= 0.3 is 6.09 Å². The smallest absolute Gasteiger partial charge is 0.412 e. The van der Waals surface area contributed by atoms with E-state index < -0.39 is 11.3 Å². The Balaban J connectivity index is 2.79. The number of amides is 1. The summed E-state index contributed by atoms with van der Waals surface area (Å²) < 4.78 is 10.9. The summed E-state index contributed by atoms with van der Waals surface area (Å²) in [7, 11) is 0. The second-order valence-corrected chi connectivity index (χ2v) is 5.81. The number of rotatable bonds is 1. The SMILES string of the molecule is CC(C)(C)OC(=O)N1[C@H](CS)COC1(C)C. The van der Waals surface area contributed by atoms with Crippen molar-refractivity contribution in [2.24, 2.45) is 0 Å². The number of ether oxygens (including phenoxy) is 2. The lowest BCUT2D eigenvalue weighted by atomic mass is 10.2. The van der Waals surface area contributed by atoms with E-state index in [4.69, 9.17) is 9.47 Å². The second-order valence-electron chi connectivity index (χ2n) is 5.44. The molecule has 0 aromatic carbocycles. The maximum absolute atomic E-state index is 12.0. The van der Waals surface area contributed by atoms with Crippen LogP contribution in [0.25, 0.3) is 0 Å². The van der Waals surface area contributed by atoms with Gasteiger partial charge in [-0.25, -0.2) is 4.79 Å². The Hall–Kier alpha value is -0.420. The Morgan fingerprint density at radius 2 is 2.12 bits per heavy atom. The van der Waals surface area contributed by atoms with Gasteiger partial charge in [-0.05, 0) is 34.6 Å². The Kier molecular flexibility index (Phi) is 3.80. The molecule has 1 amide bonds. The first kappa shape index (κ1) is 13.6. The van der Waals surface area contributed by atoms with Crippen LogP contribution >= 0.6 is 12.6 Å². The van der Waals surface area contributed by atoms with Crippen LogP contribution in [0.3, 0.4) is 0 Å². The highest BCUT2D eigenvalue weighted by Gasteiger charge is 2.44. The summed E-state index contributed by atoms with van der Waals surface area (Å²) in [5.74, 6) is 0.572.